The number of methoxy groups -OCH3 is 1. The molecule has 1 heterocycles. The molecule has 0 aliphatic rings. The van der Waals surface area contributed by atoms with E-state index in [0.717, 1.165) is 6.26 Å². The van der Waals surface area contributed by atoms with Crippen LogP contribution in [0.3, 0.4) is 0 Å². The van der Waals surface area contributed by atoms with E-state index < -0.39 is 9.84 Å². The van der Waals surface area contributed by atoms with E-state index >= 15 is 0 Å². The second-order valence-corrected chi connectivity index (χ2v) is 4.79. The first kappa shape index (κ1) is 10.9. The predicted octanol–water partition coefficient (Wildman–Crippen LogP) is -0.0476. The van der Waals surface area contributed by atoms with Crippen molar-refractivity contribution in [3.05, 3.63) is 17.7 Å². The van der Waals surface area contributed by atoms with Crippen LogP contribution in [0.5, 0.6) is 5.88 Å². The Morgan fingerprint density at radius 2 is 2.14 bits per heavy atom. The molecule has 0 spiro atoms. The van der Waals surface area contributed by atoms with Gasteiger partial charge >= 0.3 is 0 Å². The van der Waals surface area contributed by atoms with Crippen LogP contribution in [0.2, 0.25) is 0 Å². The molecule has 1 aromatic rings. The van der Waals surface area contributed by atoms with Gasteiger partial charge in [0.1, 0.15) is 0 Å². The molecule has 0 unspecified atom stereocenters. The van der Waals surface area contributed by atoms with Crippen LogP contribution >= 0.6 is 0 Å². The van der Waals surface area contributed by atoms with Gasteiger partial charge in [0.25, 0.3) is 0 Å². The normalized spacial score (nSPS) is 11.4. The Morgan fingerprint density at radius 3 is 2.57 bits per heavy atom. The highest BCUT2D eigenvalue weighted by Crippen LogP contribution is 2.15. The van der Waals surface area contributed by atoms with Gasteiger partial charge in [-0.25, -0.2) is 13.4 Å². The number of nitrogens with two attached hydrogens (primary N) is 1. The Labute approximate surface area is 82.8 Å². The van der Waals surface area contributed by atoms with Gasteiger partial charge in [-0.05, 0) is 11.6 Å². The number of hydrogen-bond donors (Lipinski definition) is 1. The highest BCUT2D eigenvalue weighted by Gasteiger charge is 2.11. The summed E-state index contributed by atoms with van der Waals surface area (Å²) in [5, 5.41) is -0.0164. The molecule has 0 radical (unpaired) electrons. The number of ether oxygens (including phenoxy) is 1. The maximum atomic E-state index is 11.2. The standard InChI is InChI=1S/C8H12N2O3S/c1-13-7-3-6(5-9)4-8(10-7)14(2,11)12/h3-4H,5,9H2,1-2H3. The third-order valence-corrected chi connectivity index (χ3v) is 2.63. The number of nitrogens with zero attached hydrogens (tertiary/aromatic N) is 1. The number of aromatic nitrogens is 1. The van der Waals surface area contributed by atoms with Crippen molar-refractivity contribution in [2.24, 2.45) is 5.73 Å². The van der Waals surface area contributed by atoms with Gasteiger partial charge in [-0.3, -0.25) is 0 Å². The molecule has 78 valence electrons. The Balaban J connectivity index is 3.32. The maximum absolute atomic E-state index is 11.2. The molecule has 0 saturated carbocycles. The summed E-state index contributed by atoms with van der Waals surface area (Å²) in [5.74, 6) is 0.258. The fourth-order valence-electron chi connectivity index (χ4n) is 0.944. The quantitative estimate of drug-likeness (QED) is 0.766. The van der Waals surface area contributed by atoms with Crippen LogP contribution in [0, 0.1) is 0 Å². The van der Waals surface area contributed by atoms with Crippen molar-refractivity contribution in [2.45, 2.75) is 11.6 Å². The average molecular weight is 216 g/mol. The molecule has 0 aliphatic carbocycles. The lowest BCUT2D eigenvalue weighted by molar-refractivity contribution is 0.393. The Hall–Kier alpha value is -1.14. The third-order valence-electron chi connectivity index (χ3n) is 1.66. The largest absolute Gasteiger partial charge is 0.481 e. The minimum absolute atomic E-state index is 0.0164. The van der Waals surface area contributed by atoms with Gasteiger partial charge < -0.3 is 10.5 Å². The number of pyridine rings is 1. The van der Waals surface area contributed by atoms with Crippen LogP contribution in [-0.4, -0.2) is 26.8 Å². The topological polar surface area (TPSA) is 82.3 Å². The highest BCUT2D eigenvalue weighted by molar-refractivity contribution is 7.90. The molecule has 0 fully saturated rings. The molecule has 0 saturated heterocycles. The van der Waals surface area contributed by atoms with Crippen LogP contribution in [-0.2, 0) is 16.4 Å². The fraction of sp³-hybridized carbons (Fsp3) is 0.375. The summed E-state index contributed by atoms with van der Waals surface area (Å²) in [6.45, 7) is 0.251. The molecular formula is C8H12N2O3S. The van der Waals surface area contributed by atoms with E-state index in [4.69, 9.17) is 10.5 Å². The number of rotatable bonds is 3. The van der Waals surface area contributed by atoms with Gasteiger partial charge in [0.15, 0.2) is 14.9 Å². The Kier molecular flexibility index (Phi) is 3.07. The molecule has 2 N–H and O–H groups in total. The lowest BCUT2D eigenvalue weighted by Gasteiger charge is -2.04. The van der Waals surface area contributed by atoms with Gasteiger partial charge in [-0.1, -0.05) is 0 Å². The molecule has 0 aromatic carbocycles. The molecule has 14 heavy (non-hydrogen) atoms. The Morgan fingerprint density at radius 1 is 1.50 bits per heavy atom. The summed E-state index contributed by atoms with van der Waals surface area (Å²) in [4.78, 5) is 3.81. The fourth-order valence-corrected chi connectivity index (χ4v) is 1.57. The van der Waals surface area contributed by atoms with E-state index in [1.807, 2.05) is 0 Å². The third kappa shape index (κ3) is 2.43. The zero-order valence-corrected chi connectivity index (χ0v) is 8.84. The molecule has 0 amide bonds. The van der Waals surface area contributed by atoms with Gasteiger partial charge in [-0.15, -0.1) is 0 Å². The van der Waals surface area contributed by atoms with Crippen molar-refractivity contribution in [1.82, 2.24) is 4.98 Å². The molecular weight excluding hydrogens is 204 g/mol. The van der Waals surface area contributed by atoms with E-state index in [9.17, 15) is 8.42 Å². The molecule has 0 aliphatic heterocycles. The number of sulfone groups is 1. The summed E-state index contributed by atoms with van der Waals surface area (Å²) in [6, 6.07) is 3.05. The summed E-state index contributed by atoms with van der Waals surface area (Å²) in [6.07, 6.45) is 1.09. The van der Waals surface area contributed by atoms with Crippen molar-refractivity contribution in [3.8, 4) is 5.88 Å². The van der Waals surface area contributed by atoms with Crippen LogP contribution in [0.1, 0.15) is 5.56 Å². The van der Waals surface area contributed by atoms with Crippen LogP contribution < -0.4 is 10.5 Å². The number of hydrogen-bond acceptors (Lipinski definition) is 5. The first-order valence-electron chi connectivity index (χ1n) is 3.92. The minimum atomic E-state index is -3.31. The van der Waals surface area contributed by atoms with Crippen LogP contribution in [0.25, 0.3) is 0 Å². The molecule has 6 heteroatoms. The van der Waals surface area contributed by atoms with Crippen LogP contribution in [0.4, 0.5) is 0 Å². The highest BCUT2D eigenvalue weighted by atomic mass is 32.2. The van der Waals surface area contributed by atoms with E-state index in [1.54, 1.807) is 6.07 Å². The van der Waals surface area contributed by atoms with Gasteiger partial charge in [-0.2, -0.15) is 0 Å². The average Bonchev–Trinajstić information content (AvgIpc) is 2.15. The monoisotopic (exact) mass is 216 g/mol. The van der Waals surface area contributed by atoms with Gasteiger partial charge in [0, 0.05) is 18.9 Å². The lowest BCUT2D eigenvalue weighted by Crippen LogP contribution is -2.05. The predicted molar refractivity (Wildman–Crippen MR) is 51.8 cm³/mol. The van der Waals surface area contributed by atoms with Gasteiger partial charge in [0.05, 0.1) is 7.11 Å². The second-order valence-electron chi connectivity index (χ2n) is 2.83. The van der Waals surface area contributed by atoms with Crippen molar-refractivity contribution >= 4 is 9.84 Å². The molecule has 0 bridgehead atoms. The van der Waals surface area contributed by atoms with Gasteiger partial charge in [0.2, 0.25) is 5.88 Å². The Bertz CT molecular complexity index is 406. The smallest absolute Gasteiger partial charge is 0.214 e. The lowest BCUT2D eigenvalue weighted by atomic mass is 10.3. The molecule has 1 aromatic heterocycles. The van der Waals surface area contributed by atoms with Crippen LogP contribution in [0.15, 0.2) is 17.2 Å². The van der Waals surface area contributed by atoms with Crippen molar-refractivity contribution < 1.29 is 13.2 Å². The minimum Gasteiger partial charge on any atom is -0.481 e. The van der Waals surface area contributed by atoms with Crippen molar-refractivity contribution in [3.63, 3.8) is 0 Å². The SMILES string of the molecule is COc1cc(CN)cc(S(C)(=O)=O)n1. The summed E-state index contributed by atoms with van der Waals surface area (Å²) < 4.78 is 27.3. The zero-order chi connectivity index (χ0) is 10.8. The van der Waals surface area contributed by atoms with E-state index in [1.165, 1.54) is 13.2 Å². The second kappa shape index (κ2) is 3.93. The van der Waals surface area contributed by atoms with Crippen molar-refractivity contribution in [2.75, 3.05) is 13.4 Å². The van der Waals surface area contributed by atoms with Crippen molar-refractivity contribution in [1.29, 1.82) is 0 Å². The summed E-state index contributed by atoms with van der Waals surface area (Å²) in [5.41, 5.74) is 6.09. The zero-order valence-electron chi connectivity index (χ0n) is 8.02. The molecule has 0 atom stereocenters. The van der Waals surface area contributed by atoms with E-state index in [0.29, 0.717) is 5.56 Å². The van der Waals surface area contributed by atoms with E-state index in [-0.39, 0.29) is 17.5 Å². The first-order chi connectivity index (χ1) is 6.47. The molecule has 5 nitrogen and oxygen atoms in total. The molecule has 1 rings (SSSR count). The van der Waals surface area contributed by atoms with E-state index in [2.05, 4.69) is 4.98 Å². The first-order valence-corrected chi connectivity index (χ1v) is 5.81. The summed E-state index contributed by atoms with van der Waals surface area (Å²) >= 11 is 0. The summed E-state index contributed by atoms with van der Waals surface area (Å²) in [7, 11) is -1.89. The maximum Gasteiger partial charge on any atom is 0.214 e.